The number of amides is 2. The van der Waals surface area contributed by atoms with Crippen molar-refractivity contribution in [2.75, 3.05) is 0 Å². The van der Waals surface area contributed by atoms with E-state index in [4.69, 9.17) is 0 Å². The molecule has 2 aromatic heterocycles. The van der Waals surface area contributed by atoms with Crippen molar-refractivity contribution in [1.29, 1.82) is 0 Å². The van der Waals surface area contributed by atoms with Crippen LogP contribution < -0.4 is 5.56 Å². The zero-order valence-electron chi connectivity index (χ0n) is 16.3. The lowest BCUT2D eigenvalue weighted by atomic mass is 9.94. The van der Waals surface area contributed by atoms with Crippen LogP contribution in [0.2, 0.25) is 0 Å². The van der Waals surface area contributed by atoms with Gasteiger partial charge in [-0.05, 0) is 31.9 Å². The van der Waals surface area contributed by atoms with Crippen LogP contribution in [-0.4, -0.2) is 42.5 Å². The van der Waals surface area contributed by atoms with Gasteiger partial charge in [-0.1, -0.05) is 31.4 Å². The minimum absolute atomic E-state index is 0.0226. The fraction of sp³-hybridized carbons (Fsp3) is 0.429. The SMILES string of the molecule is Cc1[nH]n(-c2nc3ccccc3[nH]2)c(=O)c1[C@@H]1CC(=O)N(C2CCCCC2)C1=O. The number of imide groups is 1. The zero-order valence-corrected chi connectivity index (χ0v) is 16.3. The van der Waals surface area contributed by atoms with Gasteiger partial charge in [0.15, 0.2) is 0 Å². The van der Waals surface area contributed by atoms with E-state index in [1.54, 1.807) is 6.92 Å². The Morgan fingerprint density at radius 1 is 1.07 bits per heavy atom. The van der Waals surface area contributed by atoms with Crippen LogP contribution in [0.25, 0.3) is 17.0 Å². The van der Waals surface area contributed by atoms with Gasteiger partial charge < -0.3 is 4.98 Å². The van der Waals surface area contributed by atoms with E-state index in [1.165, 1.54) is 9.58 Å². The second kappa shape index (κ2) is 6.72. The predicted octanol–water partition coefficient (Wildman–Crippen LogP) is 2.53. The molecule has 0 radical (unpaired) electrons. The lowest BCUT2D eigenvalue weighted by Gasteiger charge is -2.29. The van der Waals surface area contributed by atoms with Gasteiger partial charge in [0.05, 0.1) is 22.5 Å². The number of carbonyl (C=O) groups is 2. The second-order valence-corrected chi connectivity index (χ2v) is 8.02. The van der Waals surface area contributed by atoms with E-state index in [-0.39, 0.29) is 29.8 Å². The van der Waals surface area contributed by atoms with E-state index >= 15 is 0 Å². The molecular formula is C21H23N5O3. The minimum atomic E-state index is -0.723. The molecule has 29 heavy (non-hydrogen) atoms. The number of rotatable bonds is 3. The fourth-order valence-electron chi connectivity index (χ4n) is 4.76. The average molecular weight is 393 g/mol. The molecule has 0 spiro atoms. The first-order chi connectivity index (χ1) is 14.0. The van der Waals surface area contributed by atoms with Crippen LogP contribution in [0.5, 0.6) is 0 Å². The van der Waals surface area contributed by atoms with Crippen molar-refractivity contribution in [1.82, 2.24) is 24.6 Å². The van der Waals surface area contributed by atoms with Gasteiger partial charge in [0.25, 0.3) is 5.56 Å². The third-order valence-electron chi connectivity index (χ3n) is 6.18. The Bertz CT molecular complexity index is 1130. The fourth-order valence-corrected chi connectivity index (χ4v) is 4.76. The highest BCUT2D eigenvalue weighted by Gasteiger charge is 2.45. The number of nitrogens with zero attached hydrogens (tertiary/aromatic N) is 3. The highest BCUT2D eigenvalue weighted by Crippen LogP contribution is 2.34. The molecule has 5 rings (SSSR count). The summed E-state index contributed by atoms with van der Waals surface area (Å²) in [4.78, 5) is 48.0. The summed E-state index contributed by atoms with van der Waals surface area (Å²) in [5, 5.41) is 3.03. The van der Waals surface area contributed by atoms with Crippen molar-refractivity contribution in [3.63, 3.8) is 0 Å². The van der Waals surface area contributed by atoms with Crippen molar-refractivity contribution in [3.8, 4) is 5.95 Å². The molecule has 3 aromatic rings. The molecule has 0 bridgehead atoms. The summed E-state index contributed by atoms with van der Waals surface area (Å²) in [6.07, 6.45) is 5.00. The summed E-state index contributed by atoms with van der Waals surface area (Å²) >= 11 is 0. The Hall–Kier alpha value is -3.16. The number of aromatic amines is 2. The number of imidazole rings is 1. The van der Waals surface area contributed by atoms with Gasteiger partial charge in [-0.25, -0.2) is 4.98 Å². The van der Waals surface area contributed by atoms with Crippen LogP contribution >= 0.6 is 0 Å². The molecule has 1 saturated carbocycles. The minimum Gasteiger partial charge on any atom is -0.322 e. The number of aryl methyl sites for hydroxylation is 1. The number of aromatic nitrogens is 4. The smallest absolute Gasteiger partial charge is 0.278 e. The Morgan fingerprint density at radius 2 is 1.83 bits per heavy atom. The molecule has 2 aliphatic rings. The van der Waals surface area contributed by atoms with Crippen LogP contribution in [0.15, 0.2) is 29.1 Å². The van der Waals surface area contributed by atoms with E-state index in [0.717, 1.165) is 43.1 Å². The number of likely N-dealkylation sites (tertiary alicyclic amines) is 1. The molecular weight excluding hydrogens is 370 g/mol. The highest BCUT2D eigenvalue weighted by atomic mass is 16.2. The summed E-state index contributed by atoms with van der Waals surface area (Å²) in [6.45, 7) is 1.76. The molecule has 1 aliphatic heterocycles. The summed E-state index contributed by atoms with van der Waals surface area (Å²) in [5.74, 6) is -0.759. The van der Waals surface area contributed by atoms with Gasteiger partial charge in [0.2, 0.25) is 17.8 Å². The Balaban J connectivity index is 1.51. The van der Waals surface area contributed by atoms with Crippen LogP contribution in [-0.2, 0) is 9.59 Å². The molecule has 1 saturated heterocycles. The Kier molecular flexibility index (Phi) is 4.15. The quantitative estimate of drug-likeness (QED) is 0.667. The number of benzene rings is 1. The maximum absolute atomic E-state index is 13.2. The van der Waals surface area contributed by atoms with Gasteiger partial charge in [0, 0.05) is 18.2 Å². The maximum atomic E-state index is 13.2. The number of hydrogen-bond acceptors (Lipinski definition) is 4. The largest absolute Gasteiger partial charge is 0.322 e. The second-order valence-electron chi connectivity index (χ2n) is 8.02. The number of hydrogen-bond donors (Lipinski definition) is 2. The first-order valence-electron chi connectivity index (χ1n) is 10.2. The lowest BCUT2D eigenvalue weighted by molar-refractivity contribution is -0.142. The molecule has 150 valence electrons. The van der Waals surface area contributed by atoms with Crippen molar-refractivity contribution in [2.24, 2.45) is 0 Å². The third kappa shape index (κ3) is 2.82. The van der Waals surface area contributed by atoms with Gasteiger partial charge >= 0.3 is 0 Å². The van der Waals surface area contributed by atoms with Gasteiger partial charge in [-0.15, -0.1) is 0 Å². The normalized spacial score (nSPS) is 20.9. The van der Waals surface area contributed by atoms with Crippen molar-refractivity contribution >= 4 is 22.8 Å². The molecule has 3 heterocycles. The molecule has 1 aromatic carbocycles. The average Bonchev–Trinajstić information content (AvgIpc) is 3.36. The van der Waals surface area contributed by atoms with Crippen molar-refractivity contribution in [2.45, 2.75) is 57.4 Å². The van der Waals surface area contributed by atoms with Crippen LogP contribution in [0.1, 0.15) is 55.7 Å². The molecule has 2 fully saturated rings. The molecule has 2 amide bonds. The molecule has 1 aliphatic carbocycles. The van der Waals surface area contributed by atoms with E-state index in [9.17, 15) is 14.4 Å². The highest BCUT2D eigenvalue weighted by molar-refractivity contribution is 6.06. The number of fused-ring (bicyclic) bond motifs is 1. The van der Waals surface area contributed by atoms with E-state index in [2.05, 4.69) is 15.1 Å². The number of H-pyrrole nitrogens is 2. The molecule has 8 heteroatoms. The van der Waals surface area contributed by atoms with Gasteiger partial charge in [0.1, 0.15) is 0 Å². The summed E-state index contributed by atoms with van der Waals surface area (Å²) < 4.78 is 1.33. The first-order valence-corrected chi connectivity index (χ1v) is 10.2. The number of nitrogens with one attached hydrogen (secondary N) is 2. The van der Waals surface area contributed by atoms with Crippen LogP contribution in [0.4, 0.5) is 0 Å². The van der Waals surface area contributed by atoms with Gasteiger partial charge in [-0.2, -0.15) is 4.68 Å². The van der Waals surface area contributed by atoms with Crippen LogP contribution in [0.3, 0.4) is 0 Å². The standard InChI is InChI=1S/C21H23N5O3/c1-12-18(14-11-17(27)25(19(14)28)13-7-3-2-4-8-13)20(29)26(24-12)21-22-15-9-5-6-10-16(15)23-21/h5-6,9-10,13-14,24H,2-4,7-8,11H2,1H3,(H,22,23)/t14-/m0/s1. The van der Waals surface area contributed by atoms with E-state index in [1.807, 2.05) is 24.3 Å². The van der Waals surface area contributed by atoms with Crippen LogP contribution in [0, 0.1) is 6.92 Å². The number of para-hydroxylation sites is 2. The maximum Gasteiger partial charge on any atom is 0.278 e. The summed E-state index contributed by atoms with van der Waals surface area (Å²) in [7, 11) is 0. The molecule has 1 atom stereocenters. The topological polar surface area (TPSA) is 104 Å². The van der Waals surface area contributed by atoms with E-state index < -0.39 is 5.92 Å². The lowest BCUT2D eigenvalue weighted by Crippen LogP contribution is -2.41. The first kappa shape index (κ1) is 17.9. The van der Waals surface area contributed by atoms with Gasteiger partial charge in [-0.3, -0.25) is 24.4 Å². The monoisotopic (exact) mass is 393 g/mol. The third-order valence-corrected chi connectivity index (χ3v) is 6.18. The summed E-state index contributed by atoms with van der Waals surface area (Å²) in [6, 6.07) is 7.49. The van der Waals surface area contributed by atoms with Crippen molar-refractivity contribution in [3.05, 3.63) is 45.9 Å². The predicted molar refractivity (Wildman–Crippen MR) is 107 cm³/mol. The zero-order chi connectivity index (χ0) is 20.1. The van der Waals surface area contributed by atoms with E-state index in [0.29, 0.717) is 17.2 Å². The Morgan fingerprint density at radius 3 is 2.59 bits per heavy atom. The summed E-state index contributed by atoms with van der Waals surface area (Å²) in [5.41, 5.74) is 2.19. The number of carbonyl (C=O) groups excluding carboxylic acids is 2. The molecule has 8 nitrogen and oxygen atoms in total. The van der Waals surface area contributed by atoms with Crippen molar-refractivity contribution < 1.29 is 9.59 Å². The molecule has 2 N–H and O–H groups in total. The Labute approximate surface area is 166 Å². The molecule has 0 unspecified atom stereocenters.